The second kappa shape index (κ2) is 8.47. The number of rotatable bonds is 5. The molecule has 2 aliphatic rings. The van der Waals surface area contributed by atoms with Crippen molar-refractivity contribution in [2.75, 3.05) is 44.6 Å². The standard InChI is InChI=1S/C18H28N4O3S/c1-15-13-19-9-12-21(15)14-18(23)20-16-5-7-17(8-6-16)26(24,25)22-10-3-2-4-11-22/h5-8,15,19H,2-4,9-14H2,1H3,(H,20,23)/t15-/m1/s1. The second-order valence-corrected chi connectivity index (χ2v) is 9.00. The van der Waals surface area contributed by atoms with Gasteiger partial charge in [-0.2, -0.15) is 4.31 Å². The van der Waals surface area contributed by atoms with Gasteiger partial charge >= 0.3 is 0 Å². The molecule has 1 atom stereocenters. The minimum absolute atomic E-state index is 0.0783. The topological polar surface area (TPSA) is 81.8 Å². The Hall–Kier alpha value is -1.48. The van der Waals surface area contributed by atoms with E-state index in [-0.39, 0.29) is 10.8 Å². The lowest BCUT2D eigenvalue weighted by Crippen LogP contribution is -2.51. The van der Waals surface area contributed by atoms with Crippen molar-refractivity contribution in [3.63, 3.8) is 0 Å². The van der Waals surface area contributed by atoms with Crippen LogP contribution in [0.5, 0.6) is 0 Å². The third-order valence-electron chi connectivity index (χ3n) is 5.08. The van der Waals surface area contributed by atoms with Crippen molar-refractivity contribution < 1.29 is 13.2 Å². The van der Waals surface area contributed by atoms with Crippen LogP contribution in [0.2, 0.25) is 0 Å². The van der Waals surface area contributed by atoms with Crippen molar-refractivity contribution in [2.24, 2.45) is 0 Å². The highest BCUT2D eigenvalue weighted by atomic mass is 32.2. The fraction of sp³-hybridized carbons (Fsp3) is 0.611. The van der Waals surface area contributed by atoms with Crippen LogP contribution in [-0.2, 0) is 14.8 Å². The molecular formula is C18H28N4O3S. The maximum absolute atomic E-state index is 12.6. The van der Waals surface area contributed by atoms with Crippen LogP contribution in [0, 0.1) is 0 Å². The predicted molar refractivity (Wildman–Crippen MR) is 102 cm³/mol. The number of nitrogens with zero attached hydrogens (tertiary/aromatic N) is 2. The zero-order valence-corrected chi connectivity index (χ0v) is 16.1. The van der Waals surface area contributed by atoms with Crippen LogP contribution in [0.1, 0.15) is 26.2 Å². The number of piperidine rings is 1. The Morgan fingerprint density at radius 1 is 1.15 bits per heavy atom. The number of carbonyl (C=O) groups is 1. The maximum atomic E-state index is 12.6. The highest BCUT2D eigenvalue weighted by molar-refractivity contribution is 7.89. The minimum atomic E-state index is -3.43. The van der Waals surface area contributed by atoms with Crippen LogP contribution in [0.4, 0.5) is 5.69 Å². The average Bonchev–Trinajstić information content (AvgIpc) is 2.65. The lowest BCUT2D eigenvalue weighted by molar-refractivity contribution is -0.118. The summed E-state index contributed by atoms with van der Waals surface area (Å²) in [5.41, 5.74) is 0.621. The first-order chi connectivity index (χ1) is 12.5. The van der Waals surface area contributed by atoms with Gasteiger partial charge in [-0.3, -0.25) is 9.69 Å². The van der Waals surface area contributed by atoms with Crippen LogP contribution in [-0.4, -0.2) is 68.8 Å². The summed E-state index contributed by atoms with van der Waals surface area (Å²) in [5.74, 6) is -0.0783. The van der Waals surface area contributed by atoms with Crippen LogP contribution in [0.25, 0.3) is 0 Å². The number of benzene rings is 1. The number of hydrogen-bond donors (Lipinski definition) is 2. The molecule has 2 saturated heterocycles. The molecular weight excluding hydrogens is 352 g/mol. The Balaban J connectivity index is 1.59. The molecule has 1 aromatic carbocycles. The van der Waals surface area contributed by atoms with Gasteiger partial charge in [0.25, 0.3) is 0 Å². The third kappa shape index (κ3) is 4.62. The number of amides is 1. The molecule has 1 amide bonds. The highest BCUT2D eigenvalue weighted by Gasteiger charge is 2.26. The lowest BCUT2D eigenvalue weighted by atomic mass is 10.2. The summed E-state index contributed by atoms with van der Waals surface area (Å²) < 4.78 is 26.8. The molecule has 0 saturated carbocycles. The first kappa shape index (κ1) is 19.3. The van der Waals surface area contributed by atoms with Gasteiger partial charge in [0, 0.05) is 44.5 Å². The summed E-state index contributed by atoms with van der Waals surface area (Å²) in [6.07, 6.45) is 2.91. The van der Waals surface area contributed by atoms with Crippen molar-refractivity contribution >= 4 is 21.6 Å². The fourth-order valence-electron chi connectivity index (χ4n) is 3.47. The molecule has 0 aromatic heterocycles. The molecule has 1 aromatic rings. The van der Waals surface area contributed by atoms with E-state index in [1.54, 1.807) is 28.6 Å². The Labute approximate surface area is 155 Å². The normalized spacial score (nSPS) is 22.9. The number of nitrogens with one attached hydrogen (secondary N) is 2. The summed E-state index contributed by atoms with van der Waals surface area (Å²) in [7, 11) is -3.43. The summed E-state index contributed by atoms with van der Waals surface area (Å²) >= 11 is 0. The monoisotopic (exact) mass is 380 g/mol. The van der Waals surface area contributed by atoms with Gasteiger partial charge in [-0.25, -0.2) is 8.42 Å². The highest BCUT2D eigenvalue weighted by Crippen LogP contribution is 2.22. The Morgan fingerprint density at radius 2 is 1.85 bits per heavy atom. The summed E-state index contributed by atoms with van der Waals surface area (Å²) in [4.78, 5) is 14.7. The number of anilines is 1. The largest absolute Gasteiger partial charge is 0.325 e. The molecule has 0 aliphatic carbocycles. The quantitative estimate of drug-likeness (QED) is 0.799. The average molecular weight is 381 g/mol. The fourth-order valence-corrected chi connectivity index (χ4v) is 4.98. The van der Waals surface area contributed by atoms with Crippen molar-refractivity contribution in [2.45, 2.75) is 37.1 Å². The van der Waals surface area contributed by atoms with Gasteiger partial charge in [0.15, 0.2) is 0 Å². The summed E-state index contributed by atoms with van der Waals surface area (Å²) in [6.45, 7) is 6.24. The van der Waals surface area contributed by atoms with Crippen LogP contribution in [0.3, 0.4) is 0 Å². The minimum Gasteiger partial charge on any atom is -0.325 e. The zero-order valence-electron chi connectivity index (χ0n) is 15.3. The molecule has 2 aliphatic heterocycles. The van der Waals surface area contributed by atoms with Gasteiger partial charge in [-0.1, -0.05) is 6.42 Å². The van der Waals surface area contributed by atoms with E-state index in [4.69, 9.17) is 0 Å². The van der Waals surface area contributed by atoms with E-state index in [1.807, 2.05) is 0 Å². The number of carbonyl (C=O) groups excluding carboxylic acids is 1. The van der Waals surface area contributed by atoms with E-state index < -0.39 is 10.0 Å². The maximum Gasteiger partial charge on any atom is 0.243 e. The molecule has 0 unspecified atom stereocenters. The Morgan fingerprint density at radius 3 is 2.50 bits per heavy atom. The van der Waals surface area contributed by atoms with E-state index in [2.05, 4.69) is 22.5 Å². The Bertz CT molecular complexity index is 714. The first-order valence-electron chi connectivity index (χ1n) is 9.31. The summed E-state index contributed by atoms with van der Waals surface area (Å²) in [6, 6.07) is 6.80. The van der Waals surface area contributed by atoms with Gasteiger partial charge < -0.3 is 10.6 Å². The van der Waals surface area contributed by atoms with Crippen molar-refractivity contribution in [3.05, 3.63) is 24.3 Å². The molecule has 8 heteroatoms. The molecule has 2 N–H and O–H groups in total. The molecule has 0 bridgehead atoms. The van der Waals surface area contributed by atoms with Gasteiger partial charge in [0.05, 0.1) is 11.4 Å². The third-order valence-corrected chi connectivity index (χ3v) is 6.99. The van der Waals surface area contributed by atoms with Gasteiger partial charge in [0.2, 0.25) is 15.9 Å². The van der Waals surface area contributed by atoms with Gasteiger partial charge in [-0.15, -0.1) is 0 Å². The predicted octanol–water partition coefficient (Wildman–Crippen LogP) is 1.09. The van der Waals surface area contributed by atoms with Crippen LogP contribution in [0.15, 0.2) is 29.2 Å². The van der Waals surface area contributed by atoms with E-state index in [9.17, 15) is 13.2 Å². The van der Waals surface area contributed by atoms with Crippen molar-refractivity contribution in [1.29, 1.82) is 0 Å². The molecule has 26 heavy (non-hydrogen) atoms. The molecule has 3 rings (SSSR count). The van der Waals surface area contributed by atoms with Crippen molar-refractivity contribution in [1.82, 2.24) is 14.5 Å². The van der Waals surface area contributed by atoms with E-state index in [0.717, 1.165) is 38.9 Å². The number of hydrogen-bond acceptors (Lipinski definition) is 5. The van der Waals surface area contributed by atoms with Crippen molar-refractivity contribution in [3.8, 4) is 0 Å². The van der Waals surface area contributed by atoms with Crippen LogP contribution >= 0.6 is 0 Å². The molecule has 7 nitrogen and oxygen atoms in total. The zero-order chi connectivity index (χ0) is 18.6. The van der Waals surface area contributed by atoms with Crippen LogP contribution < -0.4 is 10.6 Å². The van der Waals surface area contributed by atoms with E-state index in [1.165, 1.54) is 0 Å². The lowest BCUT2D eigenvalue weighted by Gasteiger charge is -2.33. The molecule has 2 fully saturated rings. The van der Waals surface area contributed by atoms with Gasteiger partial charge in [-0.05, 0) is 44.0 Å². The first-order valence-corrected chi connectivity index (χ1v) is 10.8. The van der Waals surface area contributed by atoms with Gasteiger partial charge in [0.1, 0.15) is 0 Å². The molecule has 0 radical (unpaired) electrons. The smallest absolute Gasteiger partial charge is 0.243 e. The Kier molecular flexibility index (Phi) is 6.29. The van der Waals surface area contributed by atoms with E-state index in [0.29, 0.717) is 31.4 Å². The molecule has 2 heterocycles. The summed E-state index contributed by atoms with van der Waals surface area (Å²) in [5, 5.41) is 6.16. The SMILES string of the molecule is C[C@@H]1CNCCN1CC(=O)Nc1ccc(S(=O)(=O)N2CCCCC2)cc1. The molecule has 0 spiro atoms. The second-order valence-electron chi connectivity index (χ2n) is 7.06. The number of sulfonamides is 1. The molecule has 144 valence electrons. The van der Waals surface area contributed by atoms with E-state index >= 15 is 0 Å². The number of piperazine rings is 1.